The second-order valence-electron chi connectivity index (χ2n) is 8.52. The zero-order valence-electron chi connectivity index (χ0n) is 17.4. The fourth-order valence-corrected chi connectivity index (χ4v) is 4.57. The van der Waals surface area contributed by atoms with Crippen molar-refractivity contribution in [2.24, 2.45) is 5.41 Å². The number of carboxylic acid groups (broad SMARTS) is 1. The van der Waals surface area contributed by atoms with Crippen LogP contribution in [-0.4, -0.2) is 51.2 Å². The number of halogens is 3. The molecule has 0 spiro atoms. The van der Waals surface area contributed by atoms with E-state index in [-0.39, 0.29) is 11.3 Å². The van der Waals surface area contributed by atoms with Crippen LogP contribution in [-0.2, 0) is 15.7 Å². The number of carbonyl (C=O) groups is 1. The van der Waals surface area contributed by atoms with Gasteiger partial charge in [0.15, 0.2) is 5.65 Å². The minimum Gasteiger partial charge on any atom is -0.465 e. The maximum Gasteiger partial charge on any atom is 0.534 e. The average molecular weight is 464 g/mol. The number of hydrogen-bond acceptors (Lipinski definition) is 6. The Morgan fingerprint density at radius 1 is 1.23 bits per heavy atom. The molecule has 2 aromatic heterocycles. The maximum absolute atomic E-state index is 12.7. The Morgan fingerprint density at radius 3 is 2.42 bits per heavy atom. The second-order valence-corrected chi connectivity index (χ2v) is 10.1. The van der Waals surface area contributed by atoms with E-state index in [1.54, 1.807) is 0 Å². The SMILES string of the molecule is Cc1cc(OS(=O)(=O)C(F)(F)F)nc2cc([C@@]3(C(C)(C)C)CCCCN3C(=O)O)nn12. The summed E-state index contributed by atoms with van der Waals surface area (Å²) in [4.78, 5) is 17.3. The molecule has 1 N–H and O–H groups in total. The number of fused-ring (bicyclic) bond motifs is 1. The molecule has 0 radical (unpaired) electrons. The highest BCUT2D eigenvalue weighted by molar-refractivity contribution is 7.87. The summed E-state index contributed by atoms with van der Waals surface area (Å²) in [5.41, 5.74) is -6.48. The molecule has 1 aliphatic heterocycles. The average Bonchev–Trinajstić information content (AvgIpc) is 3.04. The molecule has 2 aromatic rings. The third-order valence-corrected chi connectivity index (χ3v) is 6.54. The minimum atomic E-state index is -5.88. The molecule has 0 aliphatic carbocycles. The van der Waals surface area contributed by atoms with E-state index in [2.05, 4.69) is 14.3 Å². The van der Waals surface area contributed by atoms with Gasteiger partial charge in [0, 0.05) is 24.4 Å². The molecule has 172 valence electrons. The van der Waals surface area contributed by atoms with Crippen LogP contribution in [0, 0.1) is 12.3 Å². The van der Waals surface area contributed by atoms with Crippen LogP contribution >= 0.6 is 0 Å². The first-order valence-corrected chi connectivity index (χ1v) is 10.9. The Bertz CT molecular complexity index is 1120. The molecular formula is C18H23F3N4O5S. The van der Waals surface area contributed by atoms with Crippen LogP contribution in [0.3, 0.4) is 0 Å². The molecule has 1 saturated heterocycles. The van der Waals surface area contributed by atoms with Crippen molar-refractivity contribution in [3.63, 3.8) is 0 Å². The Hall–Kier alpha value is -2.57. The van der Waals surface area contributed by atoms with Gasteiger partial charge in [0.2, 0.25) is 5.88 Å². The lowest BCUT2D eigenvalue weighted by Crippen LogP contribution is -2.59. The Balaban J connectivity index is 2.17. The van der Waals surface area contributed by atoms with Crippen molar-refractivity contribution in [3.8, 4) is 5.88 Å². The third-order valence-electron chi connectivity index (χ3n) is 5.59. The summed E-state index contributed by atoms with van der Waals surface area (Å²) in [5, 5.41) is 14.4. The fourth-order valence-electron chi connectivity index (χ4n) is 4.17. The van der Waals surface area contributed by atoms with Crippen molar-refractivity contribution >= 4 is 21.9 Å². The third kappa shape index (κ3) is 3.79. The summed E-state index contributed by atoms with van der Waals surface area (Å²) in [5.74, 6) is -0.752. The number of aromatic nitrogens is 3. The fraction of sp³-hybridized carbons (Fsp3) is 0.611. The van der Waals surface area contributed by atoms with E-state index in [0.29, 0.717) is 25.1 Å². The summed E-state index contributed by atoms with van der Waals surface area (Å²) in [7, 11) is -5.88. The molecule has 1 atom stereocenters. The summed E-state index contributed by atoms with van der Waals surface area (Å²) in [6, 6.07) is 2.49. The first-order chi connectivity index (χ1) is 14.1. The van der Waals surface area contributed by atoms with Gasteiger partial charge in [-0.05, 0) is 31.6 Å². The van der Waals surface area contributed by atoms with E-state index >= 15 is 0 Å². The first-order valence-electron chi connectivity index (χ1n) is 9.49. The van der Waals surface area contributed by atoms with Gasteiger partial charge in [-0.25, -0.2) is 9.31 Å². The quantitative estimate of drug-likeness (QED) is 0.544. The van der Waals surface area contributed by atoms with Gasteiger partial charge in [0.25, 0.3) is 0 Å². The predicted octanol–water partition coefficient (Wildman–Crippen LogP) is 3.67. The Labute approximate surface area is 176 Å². The van der Waals surface area contributed by atoms with Gasteiger partial charge in [0.1, 0.15) is 0 Å². The molecule has 13 heteroatoms. The van der Waals surface area contributed by atoms with E-state index in [9.17, 15) is 31.5 Å². The topological polar surface area (TPSA) is 114 Å². The lowest BCUT2D eigenvalue weighted by molar-refractivity contribution is -0.0501. The van der Waals surface area contributed by atoms with Crippen molar-refractivity contribution in [1.82, 2.24) is 19.5 Å². The van der Waals surface area contributed by atoms with E-state index in [4.69, 9.17) is 0 Å². The molecule has 9 nitrogen and oxygen atoms in total. The van der Waals surface area contributed by atoms with Gasteiger partial charge >= 0.3 is 21.7 Å². The summed E-state index contributed by atoms with van der Waals surface area (Å²) < 4.78 is 66.1. The highest BCUT2D eigenvalue weighted by Crippen LogP contribution is 2.50. The number of alkyl halides is 3. The molecule has 0 bridgehead atoms. The van der Waals surface area contributed by atoms with Crippen molar-refractivity contribution in [1.29, 1.82) is 0 Å². The number of amides is 1. The second kappa shape index (κ2) is 7.24. The first kappa shape index (κ1) is 23.1. The standard InChI is InChI=1S/C18H23F3N4O5S/c1-11-9-14(30-31(28,29)18(19,20)21)22-13-10-12(23-25(11)13)17(16(2,3)4)7-5-6-8-24(17)15(26)27/h9-10H,5-8H2,1-4H3,(H,26,27)/t17-/m1/s1. The smallest absolute Gasteiger partial charge is 0.465 e. The van der Waals surface area contributed by atoms with Crippen molar-refractivity contribution in [2.75, 3.05) is 6.54 Å². The zero-order valence-corrected chi connectivity index (χ0v) is 18.2. The molecule has 1 amide bonds. The molecule has 1 aliphatic rings. The molecule has 0 saturated carbocycles. The van der Waals surface area contributed by atoms with Gasteiger partial charge in [-0.15, -0.1) is 0 Å². The molecule has 3 heterocycles. The predicted molar refractivity (Wildman–Crippen MR) is 103 cm³/mol. The number of aryl methyl sites for hydroxylation is 1. The molecule has 0 aromatic carbocycles. The number of rotatable bonds is 3. The van der Waals surface area contributed by atoms with Crippen LogP contribution < -0.4 is 4.18 Å². The van der Waals surface area contributed by atoms with Gasteiger partial charge in [0.05, 0.1) is 11.2 Å². The number of piperidine rings is 1. The van der Waals surface area contributed by atoms with E-state index in [0.717, 1.165) is 12.5 Å². The van der Waals surface area contributed by atoms with Crippen LogP contribution in [0.4, 0.5) is 18.0 Å². The summed E-state index contributed by atoms with van der Waals surface area (Å²) in [6.07, 6.45) is 0.857. The van der Waals surface area contributed by atoms with E-state index in [1.807, 2.05) is 20.8 Å². The van der Waals surface area contributed by atoms with Crippen molar-refractivity contribution in [3.05, 3.63) is 23.5 Å². The molecule has 3 rings (SSSR count). The molecular weight excluding hydrogens is 441 g/mol. The molecule has 1 fully saturated rings. The largest absolute Gasteiger partial charge is 0.534 e. The normalized spacial score (nSPS) is 20.8. The summed E-state index contributed by atoms with van der Waals surface area (Å²) in [6.45, 7) is 7.48. The highest BCUT2D eigenvalue weighted by Gasteiger charge is 2.53. The van der Waals surface area contributed by atoms with Crippen LogP contribution in [0.15, 0.2) is 12.1 Å². The minimum absolute atomic E-state index is 0.0434. The Morgan fingerprint density at radius 2 is 1.87 bits per heavy atom. The summed E-state index contributed by atoms with van der Waals surface area (Å²) >= 11 is 0. The highest BCUT2D eigenvalue weighted by atomic mass is 32.2. The van der Waals surface area contributed by atoms with E-state index < -0.39 is 38.6 Å². The van der Waals surface area contributed by atoms with Gasteiger partial charge in [-0.1, -0.05) is 20.8 Å². The zero-order chi connectivity index (χ0) is 23.4. The lowest BCUT2D eigenvalue weighted by atomic mass is 9.66. The van der Waals surface area contributed by atoms with Crippen molar-refractivity contribution < 1.29 is 35.7 Å². The number of nitrogens with zero attached hydrogens (tertiary/aromatic N) is 4. The van der Waals surface area contributed by atoms with Crippen LogP contribution in [0.1, 0.15) is 51.4 Å². The van der Waals surface area contributed by atoms with Gasteiger partial charge in [-0.2, -0.15) is 31.7 Å². The number of likely N-dealkylation sites (tertiary alicyclic amines) is 1. The number of hydrogen-bond donors (Lipinski definition) is 1. The van der Waals surface area contributed by atoms with Gasteiger partial charge < -0.3 is 9.29 Å². The van der Waals surface area contributed by atoms with Crippen LogP contribution in [0.5, 0.6) is 5.88 Å². The monoisotopic (exact) mass is 464 g/mol. The van der Waals surface area contributed by atoms with Crippen molar-refractivity contribution in [2.45, 2.75) is 58.0 Å². The Kier molecular flexibility index (Phi) is 5.40. The van der Waals surface area contributed by atoms with E-state index in [1.165, 1.54) is 22.4 Å². The molecule has 0 unspecified atom stereocenters. The van der Waals surface area contributed by atoms with Gasteiger partial charge in [-0.3, -0.25) is 4.90 Å². The van der Waals surface area contributed by atoms with Crippen LogP contribution in [0.2, 0.25) is 0 Å². The maximum atomic E-state index is 12.7. The van der Waals surface area contributed by atoms with Crippen LogP contribution in [0.25, 0.3) is 5.65 Å². The lowest BCUT2D eigenvalue weighted by Gasteiger charge is -2.52. The molecule has 31 heavy (non-hydrogen) atoms.